The molecule has 1 aliphatic rings. The molecule has 1 aromatic heterocycles. The van der Waals surface area contributed by atoms with Crippen molar-refractivity contribution in [1.29, 1.82) is 0 Å². The third-order valence-corrected chi connectivity index (χ3v) is 5.66. The number of amides is 1. The van der Waals surface area contributed by atoms with E-state index in [-0.39, 0.29) is 24.6 Å². The molecule has 1 saturated heterocycles. The molecule has 200 valence electrons. The highest BCUT2D eigenvalue weighted by Gasteiger charge is 2.25. The minimum atomic E-state index is -0.674. The van der Waals surface area contributed by atoms with Gasteiger partial charge in [0.05, 0.1) is 12.3 Å². The zero-order chi connectivity index (χ0) is 27.0. The van der Waals surface area contributed by atoms with Crippen molar-refractivity contribution in [3.05, 3.63) is 89.4 Å². The van der Waals surface area contributed by atoms with Gasteiger partial charge in [0.2, 0.25) is 0 Å². The van der Waals surface area contributed by atoms with E-state index in [1.807, 2.05) is 42.2 Å². The Morgan fingerprint density at radius 2 is 1.95 bits per heavy atom. The van der Waals surface area contributed by atoms with Gasteiger partial charge in [0.15, 0.2) is 0 Å². The quantitative estimate of drug-likeness (QED) is 0.162. The summed E-state index contributed by atoms with van der Waals surface area (Å²) in [6.07, 6.45) is 11.4. The van der Waals surface area contributed by atoms with Gasteiger partial charge in [-0.05, 0) is 43.2 Å². The molecule has 2 heterocycles. The summed E-state index contributed by atoms with van der Waals surface area (Å²) in [5, 5.41) is 6.80. The van der Waals surface area contributed by atoms with Crippen LogP contribution in [-0.4, -0.2) is 53.7 Å². The molecule has 7 nitrogen and oxygen atoms in total. The maximum Gasteiger partial charge on any atom is 0.253 e. The van der Waals surface area contributed by atoms with Gasteiger partial charge in [0, 0.05) is 61.7 Å². The van der Waals surface area contributed by atoms with Crippen molar-refractivity contribution in [2.24, 2.45) is 10.9 Å². The Hall–Kier alpha value is -3.14. The third kappa shape index (κ3) is 9.68. The van der Waals surface area contributed by atoms with Crippen molar-refractivity contribution in [2.45, 2.75) is 38.8 Å². The average Bonchev–Trinajstić information content (AvgIpc) is 3.17. The van der Waals surface area contributed by atoms with E-state index in [9.17, 15) is 13.6 Å². The van der Waals surface area contributed by atoms with E-state index in [1.54, 1.807) is 12.4 Å². The minimum Gasteiger partial charge on any atom is -0.367 e. The predicted octanol–water partition coefficient (Wildman–Crippen LogP) is 4.53. The molecule has 10 heteroatoms. The lowest BCUT2D eigenvalue weighted by atomic mass is 10.1. The molecule has 1 atom stereocenters. The molecule has 0 bridgehead atoms. The second-order valence-corrected chi connectivity index (χ2v) is 8.10. The summed E-state index contributed by atoms with van der Waals surface area (Å²) in [5.41, 5.74) is 2.15. The van der Waals surface area contributed by atoms with Crippen LogP contribution in [0, 0.1) is 11.6 Å². The highest BCUT2D eigenvalue weighted by atomic mass is 35.5. The molecule has 1 aliphatic heterocycles. The summed E-state index contributed by atoms with van der Waals surface area (Å²) in [7, 11) is 0. The first-order chi connectivity index (χ1) is 18.0. The Kier molecular flexibility index (Phi) is 13.5. The van der Waals surface area contributed by atoms with E-state index >= 15 is 0 Å². The number of aromatic nitrogens is 1. The van der Waals surface area contributed by atoms with Crippen molar-refractivity contribution < 1.29 is 18.3 Å². The van der Waals surface area contributed by atoms with Crippen LogP contribution >= 0.6 is 11.6 Å². The van der Waals surface area contributed by atoms with Crippen molar-refractivity contribution in [1.82, 2.24) is 15.2 Å². The molecule has 1 aromatic carbocycles. The van der Waals surface area contributed by atoms with Crippen molar-refractivity contribution in [2.75, 3.05) is 26.1 Å². The molecular formula is C27H34ClF2N5O2. The SMILES string of the molecule is CC/C=C\C(=C/C/C(=N\N)c1ccncc1)NC(=O)C1CCN(Cc2c(F)cccc2F)CCO1.CCl. The standard InChI is InChI=1S/C26H31F2N5O2.CH3Cl/c1-2-3-5-20(8-9-24(32-29)19-10-13-30-14-11-19)31-26(34)25-12-15-33(16-17-35-25)18-21-22(27)6-4-7-23(21)28;1-2/h3-8,10-11,13-14,25H,2,9,12,15-18,29H2,1H3,(H,31,34);1H3/b5-3-,20-8+,32-24+;. The number of carbonyl (C=O) groups is 1. The van der Waals surface area contributed by atoms with Crippen LogP contribution in [0.25, 0.3) is 0 Å². The zero-order valence-electron chi connectivity index (χ0n) is 21.2. The Balaban J connectivity index is 0.00000235. The number of ether oxygens (including phenoxy) is 1. The predicted molar refractivity (Wildman–Crippen MR) is 143 cm³/mol. The fraction of sp³-hybridized carbons (Fsp3) is 0.370. The van der Waals surface area contributed by atoms with Gasteiger partial charge in [-0.15, -0.1) is 11.6 Å². The summed E-state index contributed by atoms with van der Waals surface area (Å²) < 4.78 is 33.8. The molecule has 3 N–H and O–H groups in total. The maximum atomic E-state index is 14.0. The second kappa shape index (κ2) is 16.6. The highest BCUT2D eigenvalue weighted by molar-refractivity contribution is 6.15. The third-order valence-electron chi connectivity index (χ3n) is 5.66. The van der Waals surface area contributed by atoms with Crippen LogP contribution < -0.4 is 11.2 Å². The van der Waals surface area contributed by atoms with Gasteiger partial charge in [0.1, 0.15) is 17.7 Å². The fourth-order valence-corrected chi connectivity index (χ4v) is 3.72. The highest BCUT2D eigenvalue weighted by Crippen LogP contribution is 2.17. The van der Waals surface area contributed by atoms with E-state index < -0.39 is 17.7 Å². The Labute approximate surface area is 222 Å². The zero-order valence-corrected chi connectivity index (χ0v) is 21.9. The van der Waals surface area contributed by atoms with E-state index in [2.05, 4.69) is 27.0 Å². The van der Waals surface area contributed by atoms with Crippen LogP contribution in [0.1, 0.15) is 37.3 Å². The number of nitrogens with zero attached hydrogens (tertiary/aromatic N) is 3. The lowest BCUT2D eigenvalue weighted by molar-refractivity contribution is -0.131. The first kappa shape index (κ1) is 30.1. The largest absolute Gasteiger partial charge is 0.367 e. The monoisotopic (exact) mass is 533 g/mol. The number of hydrazone groups is 1. The normalized spacial score (nSPS) is 17.2. The molecule has 37 heavy (non-hydrogen) atoms. The average molecular weight is 534 g/mol. The van der Waals surface area contributed by atoms with E-state index in [0.29, 0.717) is 37.3 Å². The number of alkyl halides is 1. The van der Waals surface area contributed by atoms with Crippen molar-refractivity contribution in [3.8, 4) is 0 Å². The molecule has 0 radical (unpaired) electrons. The summed E-state index contributed by atoms with van der Waals surface area (Å²) in [6, 6.07) is 7.47. The molecule has 0 spiro atoms. The van der Waals surface area contributed by atoms with Crippen LogP contribution in [-0.2, 0) is 16.1 Å². The Bertz CT molecular complexity index is 1060. The van der Waals surface area contributed by atoms with Gasteiger partial charge in [-0.3, -0.25) is 14.7 Å². The van der Waals surface area contributed by atoms with Gasteiger partial charge < -0.3 is 15.9 Å². The summed E-state index contributed by atoms with van der Waals surface area (Å²) in [4.78, 5) is 18.9. The Morgan fingerprint density at radius 3 is 2.59 bits per heavy atom. The number of hydrogen-bond acceptors (Lipinski definition) is 6. The summed E-state index contributed by atoms with van der Waals surface area (Å²) in [6.45, 7) is 3.35. The van der Waals surface area contributed by atoms with E-state index in [1.165, 1.54) is 24.6 Å². The van der Waals surface area contributed by atoms with Crippen LogP contribution in [0.5, 0.6) is 0 Å². The molecule has 0 saturated carbocycles. The van der Waals surface area contributed by atoms with Gasteiger partial charge >= 0.3 is 0 Å². The molecular weight excluding hydrogens is 500 g/mol. The van der Waals surface area contributed by atoms with Crippen LogP contribution in [0.2, 0.25) is 0 Å². The Morgan fingerprint density at radius 1 is 1.24 bits per heavy atom. The van der Waals surface area contributed by atoms with E-state index in [0.717, 1.165) is 12.0 Å². The number of nitrogens with one attached hydrogen (secondary N) is 1. The van der Waals surface area contributed by atoms with Gasteiger partial charge in [-0.25, -0.2) is 8.78 Å². The molecule has 3 rings (SSSR count). The topological polar surface area (TPSA) is 92.8 Å². The number of pyridine rings is 1. The fourth-order valence-electron chi connectivity index (χ4n) is 3.72. The molecule has 1 unspecified atom stereocenters. The molecule has 0 aliphatic carbocycles. The van der Waals surface area contributed by atoms with Gasteiger partial charge in [-0.1, -0.05) is 25.1 Å². The number of halogens is 3. The number of benzene rings is 1. The molecule has 2 aromatic rings. The lowest BCUT2D eigenvalue weighted by Crippen LogP contribution is -2.36. The van der Waals surface area contributed by atoms with Gasteiger partial charge in [0.25, 0.3) is 5.91 Å². The van der Waals surface area contributed by atoms with Crippen molar-refractivity contribution >= 4 is 23.2 Å². The maximum absolute atomic E-state index is 14.0. The first-order valence-corrected chi connectivity index (χ1v) is 12.8. The number of allylic oxidation sites excluding steroid dienone is 3. The lowest BCUT2D eigenvalue weighted by Gasteiger charge is -2.20. The molecule has 1 amide bonds. The number of nitrogens with two attached hydrogens (primary N) is 1. The molecule has 1 fully saturated rings. The number of carbonyl (C=O) groups excluding carboxylic acids is 1. The van der Waals surface area contributed by atoms with E-state index in [4.69, 9.17) is 10.6 Å². The first-order valence-electron chi connectivity index (χ1n) is 12.0. The number of rotatable bonds is 9. The smallest absolute Gasteiger partial charge is 0.253 e. The minimum absolute atomic E-state index is 0.0249. The summed E-state index contributed by atoms with van der Waals surface area (Å²) in [5.74, 6) is 4.15. The van der Waals surface area contributed by atoms with Crippen LogP contribution in [0.3, 0.4) is 0 Å². The van der Waals surface area contributed by atoms with Gasteiger partial charge in [-0.2, -0.15) is 5.10 Å². The summed E-state index contributed by atoms with van der Waals surface area (Å²) >= 11 is 4.64. The van der Waals surface area contributed by atoms with Crippen LogP contribution in [0.15, 0.2) is 71.8 Å². The van der Waals surface area contributed by atoms with Crippen LogP contribution in [0.4, 0.5) is 8.78 Å². The number of hydrogen-bond donors (Lipinski definition) is 2. The second-order valence-electron chi connectivity index (χ2n) is 8.10. The van der Waals surface area contributed by atoms with Crippen molar-refractivity contribution in [3.63, 3.8) is 0 Å².